The van der Waals surface area contributed by atoms with Crippen molar-refractivity contribution in [3.05, 3.63) is 29.6 Å². The first kappa shape index (κ1) is 13.0. The zero-order chi connectivity index (χ0) is 14.3. The Morgan fingerprint density at radius 2 is 1.95 bits per heavy atom. The van der Waals surface area contributed by atoms with E-state index in [1.807, 2.05) is 0 Å². The van der Waals surface area contributed by atoms with Crippen molar-refractivity contribution in [2.24, 2.45) is 5.92 Å². The van der Waals surface area contributed by atoms with Crippen LogP contribution in [0.5, 0.6) is 0 Å². The zero-order valence-corrected chi connectivity index (χ0v) is 10.9. The Labute approximate surface area is 115 Å². The Balaban J connectivity index is 1.87. The van der Waals surface area contributed by atoms with Crippen molar-refractivity contribution in [2.75, 3.05) is 11.4 Å². The summed E-state index contributed by atoms with van der Waals surface area (Å²) < 4.78 is 13.3. The smallest absolute Gasteiger partial charge is 0.297 e. The summed E-state index contributed by atoms with van der Waals surface area (Å²) in [5.74, 6) is -2.00. The third kappa shape index (κ3) is 2.03. The molecular formula is C15H14FNO3. The molecule has 0 aromatic heterocycles. The van der Waals surface area contributed by atoms with Gasteiger partial charge in [-0.25, -0.2) is 4.39 Å². The van der Waals surface area contributed by atoms with Gasteiger partial charge in [-0.15, -0.1) is 0 Å². The quantitative estimate of drug-likeness (QED) is 0.794. The van der Waals surface area contributed by atoms with Crippen LogP contribution in [-0.2, 0) is 9.59 Å². The molecule has 1 amide bonds. The number of hydrogen-bond acceptors (Lipinski definition) is 3. The summed E-state index contributed by atoms with van der Waals surface area (Å²) in [7, 11) is 0. The molecule has 0 atom stereocenters. The maximum absolute atomic E-state index is 13.3. The molecule has 1 aliphatic heterocycles. The van der Waals surface area contributed by atoms with Gasteiger partial charge in [0.2, 0.25) is 0 Å². The number of anilines is 1. The Bertz CT molecular complexity index is 605. The number of carbonyl (C=O) groups excluding carboxylic acids is 3. The van der Waals surface area contributed by atoms with Crippen molar-refractivity contribution in [2.45, 2.75) is 25.7 Å². The maximum atomic E-state index is 13.3. The van der Waals surface area contributed by atoms with Crippen molar-refractivity contribution in [3.8, 4) is 0 Å². The largest absolute Gasteiger partial charge is 0.299 e. The average Bonchev–Trinajstić information content (AvgIpc) is 3.03. The van der Waals surface area contributed by atoms with Crippen molar-refractivity contribution in [3.63, 3.8) is 0 Å². The molecule has 5 heteroatoms. The number of rotatable bonds is 3. The Morgan fingerprint density at radius 1 is 1.25 bits per heavy atom. The van der Waals surface area contributed by atoms with Crippen LogP contribution < -0.4 is 4.90 Å². The molecule has 1 saturated carbocycles. The fraction of sp³-hybridized carbons (Fsp3) is 0.400. The lowest BCUT2D eigenvalue weighted by atomic mass is 10.0. The molecule has 0 unspecified atom stereocenters. The molecule has 104 valence electrons. The van der Waals surface area contributed by atoms with E-state index in [1.54, 1.807) is 0 Å². The molecule has 0 spiro atoms. The topological polar surface area (TPSA) is 54.5 Å². The third-order valence-corrected chi connectivity index (χ3v) is 4.06. The van der Waals surface area contributed by atoms with Gasteiger partial charge in [0.15, 0.2) is 5.78 Å². The van der Waals surface area contributed by atoms with E-state index in [-0.39, 0.29) is 29.5 Å². The van der Waals surface area contributed by atoms with E-state index < -0.39 is 17.5 Å². The number of halogens is 1. The highest BCUT2D eigenvalue weighted by Gasteiger charge is 2.38. The molecule has 3 rings (SSSR count). The van der Waals surface area contributed by atoms with Crippen LogP contribution in [0.25, 0.3) is 0 Å². The van der Waals surface area contributed by atoms with Gasteiger partial charge < -0.3 is 0 Å². The Morgan fingerprint density at radius 3 is 2.65 bits per heavy atom. The van der Waals surface area contributed by atoms with Crippen molar-refractivity contribution >= 4 is 23.2 Å². The van der Waals surface area contributed by atoms with Gasteiger partial charge in [-0.3, -0.25) is 19.3 Å². The molecular weight excluding hydrogens is 261 g/mol. The van der Waals surface area contributed by atoms with E-state index in [0.29, 0.717) is 0 Å². The lowest BCUT2D eigenvalue weighted by Gasteiger charge is -2.17. The lowest BCUT2D eigenvalue weighted by Crippen LogP contribution is -2.36. The number of ketones is 2. The van der Waals surface area contributed by atoms with Gasteiger partial charge in [0.25, 0.3) is 11.7 Å². The van der Waals surface area contributed by atoms with Crippen molar-refractivity contribution in [1.29, 1.82) is 0 Å². The fourth-order valence-electron chi connectivity index (χ4n) is 2.96. The second kappa shape index (κ2) is 4.81. The Hall–Kier alpha value is -2.04. The highest BCUT2D eigenvalue weighted by molar-refractivity contribution is 6.52. The standard InChI is InChI=1S/C15H14FNO3/c16-10-5-6-11-12(7-10)17(15(20)14(11)19)8-13(18)9-3-1-2-4-9/h5-7,9H,1-4,8H2. The second-order valence-electron chi connectivity index (χ2n) is 5.33. The first-order chi connectivity index (χ1) is 9.58. The van der Waals surface area contributed by atoms with Crippen LogP contribution in [0.15, 0.2) is 18.2 Å². The summed E-state index contributed by atoms with van der Waals surface area (Å²) in [5.41, 5.74) is 0.391. The number of benzene rings is 1. The normalized spacial score (nSPS) is 18.8. The number of nitrogens with zero attached hydrogens (tertiary/aromatic N) is 1. The summed E-state index contributed by atoms with van der Waals surface area (Å²) in [6, 6.07) is 3.58. The van der Waals surface area contributed by atoms with Crippen molar-refractivity contribution < 1.29 is 18.8 Å². The zero-order valence-electron chi connectivity index (χ0n) is 10.9. The SMILES string of the molecule is O=C1C(=O)N(CC(=O)C2CCCC2)c2cc(F)ccc21. The number of Topliss-reactive ketones (excluding diaryl/α,β-unsaturated/α-hetero) is 2. The van der Waals surface area contributed by atoms with Crippen LogP contribution in [0, 0.1) is 11.7 Å². The van der Waals surface area contributed by atoms with E-state index in [1.165, 1.54) is 6.07 Å². The van der Waals surface area contributed by atoms with E-state index >= 15 is 0 Å². The lowest BCUT2D eigenvalue weighted by molar-refractivity contribution is -0.123. The fourth-order valence-corrected chi connectivity index (χ4v) is 2.96. The van der Waals surface area contributed by atoms with Crippen LogP contribution >= 0.6 is 0 Å². The molecule has 0 radical (unpaired) electrons. The third-order valence-electron chi connectivity index (χ3n) is 4.06. The molecule has 1 heterocycles. The maximum Gasteiger partial charge on any atom is 0.299 e. The van der Waals surface area contributed by atoms with E-state index in [2.05, 4.69) is 0 Å². The minimum absolute atomic E-state index is 0.0319. The number of carbonyl (C=O) groups is 3. The monoisotopic (exact) mass is 275 g/mol. The average molecular weight is 275 g/mol. The van der Waals surface area contributed by atoms with Gasteiger partial charge in [-0.05, 0) is 31.0 Å². The molecule has 20 heavy (non-hydrogen) atoms. The van der Waals surface area contributed by atoms with E-state index in [0.717, 1.165) is 42.7 Å². The predicted molar refractivity (Wildman–Crippen MR) is 70.0 cm³/mol. The second-order valence-corrected chi connectivity index (χ2v) is 5.33. The highest BCUT2D eigenvalue weighted by atomic mass is 19.1. The molecule has 0 saturated heterocycles. The molecule has 0 bridgehead atoms. The van der Waals surface area contributed by atoms with Crippen LogP contribution in [0.4, 0.5) is 10.1 Å². The summed E-state index contributed by atoms with van der Waals surface area (Å²) in [6.07, 6.45) is 3.72. The first-order valence-electron chi connectivity index (χ1n) is 6.76. The molecule has 1 fully saturated rings. The number of hydrogen-bond donors (Lipinski definition) is 0. The predicted octanol–water partition coefficient (Wildman–Crippen LogP) is 2.11. The van der Waals surface area contributed by atoms with Gasteiger partial charge in [0.05, 0.1) is 17.8 Å². The summed E-state index contributed by atoms with van der Waals surface area (Å²) in [5, 5.41) is 0. The highest BCUT2D eigenvalue weighted by Crippen LogP contribution is 2.31. The van der Waals surface area contributed by atoms with Crippen LogP contribution in [0.1, 0.15) is 36.0 Å². The van der Waals surface area contributed by atoms with Gasteiger partial charge in [0, 0.05) is 5.92 Å². The van der Waals surface area contributed by atoms with E-state index in [9.17, 15) is 18.8 Å². The first-order valence-corrected chi connectivity index (χ1v) is 6.76. The van der Waals surface area contributed by atoms with Crippen LogP contribution in [0.3, 0.4) is 0 Å². The van der Waals surface area contributed by atoms with Crippen LogP contribution in [0.2, 0.25) is 0 Å². The van der Waals surface area contributed by atoms with Gasteiger partial charge in [-0.2, -0.15) is 0 Å². The summed E-state index contributed by atoms with van der Waals surface area (Å²) in [4.78, 5) is 37.0. The van der Waals surface area contributed by atoms with Crippen LogP contribution in [-0.4, -0.2) is 24.0 Å². The molecule has 2 aliphatic rings. The number of amides is 1. The van der Waals surface area contributed by atoms with Crippen molar-refractivity contribution in [1.82, 2.24) is 0 Å². The molecule has 1 aromatic rings. The summed E-state index contributed by atoms with van der Waals surface area (Å²) >= 11 is 0. The van der Waals surface area contributed by atoms with E-state index in [4.69, 9.17) is 0 Å². The molecule has 1 aliphatic carbocycles. The summed E-state index contributed by atoms with van der Waals surface area (Å²) in [6.45, 7) is -0.133. The van der Waals surface area contributed by atoms with Gasteiger partial charge >= 0.3 is 0 Å². The number of fused-ring (bicyclic) bond motifs is 1. The molecule has 0 N–H and O–H groups in total. The molecule has 1 aromatic carbocycles. The molecule has 4 nitrogen and oxygen atoms in total. The van der Waals surface area contributed by atoms with Gasteiger partial charge in [0.1, 0.15) is 5.82 Å². The van der Waals surface area contributed by atoms with Gasteiger partial charge in [-0.1, -0.05) is 12.8 Å². The Kier molecular flexibility index (Phi) is 3.12. The minimum atomic E-state index is -0.739. The minimum Gasteiger partial charge on any atom is -0.297 e.